The van der Waals surface area contributed by atoms with Gasteiger partial charge in [-0.15, -0.1) is 11.3 Å². The predicted molar refractivity (Wildman–Crippen MR) is 111 cm³/mol. The molecule has 2 aliphatic rings. The first-order valence-electron chi connectivity index (χ1n) is 10.2. The smallest absolute Gasteiger partial charge is 0.226 e. The maximum atomic E-state index is 12.5. The summed E-state index contributed by atoms with van der Waals surface area (Å²) in [6.07, 6.45) is 5.39. The third kappa shape index (κ3) is 4.73. The second kappa shape index (κ2) is 9.06. The van der Waals surface area contributed by atoms with Crippen LogP contribution in [-0.4, -0.2) is 54.3 Å². The Labute approximate surface area is 171 Å². The van der Waals surface area contributed by atoms with Gasteiger partial charge in [-0.1, -0.05) is 6.92 Å². The van der Waals surface area contributed by atoms with Crippen molar-refractivity contribution < 1.29 is 9.59 Å². The Morgan fingerprint density at radius 3 is 2.68 bits per heavy atom. The Kier molecular flexibility index (Phi) is 6.73. The SMILES string of the molecule is CC(=O)N(C)C1CCN(CCC(=O)Nc2sc3c(c2C#N)CCC(C)C3)CC1. The van der Waals surface area contributed by atoms with Gasteiger partial charge in [-0.3, -0.25) is 9.59 Å². The van der Waals surface area contributed by atoms with Gasteiger partial charge in [0.2, 0.25) is 11.8 Å². The summed E-state index contributed by atoms with van der Waals surface area (Å²) in [7, 11) is 1.87. The van der Waals surface area contributed by atoms with Crippen molar-refractivity contribution in [2.75, 3.05) is 32.0 Å². The largest absolute Gasteiger partial charge is 0.343 e. The number of nitrogens with zero attached hydrogens (tertiary/aromatic N) is 3. The maximum Gasteiger partial charge on any atom is 0.226 e. The maximum absolute atomic E-state index is 12.5. The van der Waals surface area contributed by atoms with Gasteiger partial charge in [-0.25, -0.2) is 0 Å². The summed E-state index contributed by atoms with van der Waals surface area (Å²) >= 11 is 1.58. The third-order valence-corrected chi connectivity index (χ3v) is 7.30. The van der Waals surface area contributed by atoms with Crippen LogP contribution in [0.2, 0.25) is 0 Å². The molecule has 0 saturated carbocycles. The van der Waals surface area contributed by atoms with E-state index in [2.05, 4.69) is 23.2 Å². The number of likely N-dealkylation sites (tertiary alicyclic amines) is 1. The van der Waals surface area contributed by atoms with Gasteiger partial charge in [0.15, 0.2) is 0 Å². The molecule has 0 spiro atoms. The Balaban J connectivity index is 1.49. The van der Waals surface area contributed by atoms with Gasteiger partial charge in [0, 0.05) is 50.9 Å². The molecule has 2 heterocycles. The van der Waals surface area contributed by atoms with Crippen LogP contribution >= 0.6 is 11.3 Å². The lowest BCUT2D eigenvalue weighted by Gasteiger charge is -2.36. The van der Waals surface area contributed by atoms with Gasteiger partial charge >= 0.3 is 0 Å². The number of carbonyl (C=O) groups excluding carboxylic acids is 2. The molecule has 28 heavy (non-hydrogen) atoms. The van der Waals surface area contributed by atoms with Crippen LogP contribution in [0, 0.1) is 17.2 Å². The van der Waals surface area contributed by atoms with E-state index < -0.39 is 0 Å². The number of nitrogens with one attached hydrogen (secondary N) is 1. The molecule has 1 unspecified atom stereocenters. The molecule has 1 aliphatic heterocycles. The summed E-state index contributed by atoms with van der Waals surface area (Å²) in [5.74, 6) is 0.733. The Morgan fingerprint density at radius 1 is 1.32 bits per heavy atom. The van der Waals surface area contributed by atoms with E-state index >= 15 is 0 Å². The van der Waals surface area contributed by atoms with Crippen LogP contribution in [0.25, 0.3) is 0 Å². The molecule has 1 aromatic rings. The molecule has 152 valence electrons. The van der Waals surface area contributed by atoms with Crippen molar-refractivity contribution in [2.45, 2.75) is 58.4 Å². The monoisotopic (exact) mass is 402 g/mol. The minimum absolute atomic E-state index is 0.0221. The van der Waals surface area contributed by atoms with Crippen LogP contribution in [0.3, 0.4) is 0 Å². The fraction of sp³-hybridized carbons (Fsp3) is 0.667. The molecule has 1 aromatic heterocycles. The van der Waals surface area contributed by atoms with E-state index in [9.17, 15) is 14.9 Å². The van der Waals surface area contributed by atoms with Crippen molar-refractivity contribution in [2.24, 2.45) is 5.92 Å². The summed E-state index contributed by atoms with van der Waals surface area (Å²) in [5, 5.41) is 13.3. The van der Waals surface area contributed by atoms with Crippen molar-refractivity contribution in [1.29, 1.82) is 5.26 Å². The first kappa shape index (κ1) is 20.8. The summed E-state index contributed by atoms with van der Waals surface area (Å²) in [4.78, 5) is 29.3. The van der Waals surface area contributed by atoms with Crippen LogP contribution in [0.4, 0.5) is 5.00 Å². The van der Waals surface area contributed by atoms with E-state index in [4.69, 9.17) is 0 Å². The molecule has 1 N–H and O–H groups in total. The van der Waals surface area contributed by atoms with Crippen LogP contribution < -0.4 is 5.32 Å². The molecular weight excluding hydrogens is 372 g/mol. The predicted octanol–water partition coefficient (Wildman–Crippen LogP) is 3.02. The average molecular weight is 403 g/mol. The quantitative estimate of drug-likeness (QED) is 0.821. The van der Waals surface area contributed by atoms with Crippen molar-refractivity contribution in [3.8, 4) is 6.07 Å². The summed E-state index contributed by atoms with van der Waals surface area (Å²) in [6.45, 7) is 6.38. The van der Waals surface area contributed by atoms with E-state index in [1.807, 2.05) is 11.9 Å². The van der Waals surface area contributed by atoms with E-state index in [1.165, 1.54) is 4.88 Å². The molecule has 1 atom stereocenters. The summed E-state index contributed by atoms with van der Waals surface area (Å²) in [5.41, 5.74) is 1.82. The lowest BCUT2D eigenvalue weighted by atomic mass is 9.89. The Bertz CT molecular complexity index is 774. The molecule has 7 heteroatoms. The van der Waals surface area contributed by atoms with Crippen LogP contribution in [-0.2, 0) is 22.4 Å². The van der Waals surface area contributed by atoms with Crippen molar-refractivity contribution in [3.63, 3.8) is 0 Å². The minimum atomic E-state index is -0.0221. The van der Waals surface area contributed by atoms with E-state index in [-0.39, 0.29) is 11.8 Å². The van der Waals surface area contributed by atoms with Gasteiger partial charge in [-0.05, 0) is 43.6 Å². The summed E-state index contributed by atoms with van der Waals surface area (Å²) < 4.78 is 0. The highest BCUT2D eigenvalue weighted by Gasteiger charge is 2.26. The second-order valence-electron chi connectivity index (χ2n) is 8.17. The second-order valence-corrected chi connectivity index (χ2v) is 9.27. The first-order chi connectivity index (χ1) is 13.4. The normalized spacial score (nSPS) is 20.3. The molecule has 2 amide bonds. The molecule has 0 bridgehead atoms. The molecule has 1 fully saturated rings. The van der Waals surface area contributed by atoms with Crippen molar-refractivity contribution in [1.82, 2.24) is 9.80 Å². The zero-order valence-corrected chi connectivity index (χ0v) is 17.9. The first-order valence-corrected chi connectivity index (χ1v) is 11.0. The standard InChI is InChI=1S/C21H30N4O2S/c1-14-4-5-17-18(13-22)21(28-19(17)12-14)23-20(27)8-11-25-9-6-16(7-10-25)24(3)15(2)26/h14,16H,4-12H2,1-3H3,(H,23,27). The highest BCUT2D eigenvalue weighted by atomic mass is 32.1. The van der Waals surface area contributed by atoms with E-state index in [0.29, 0.717) is 30.5 Å². The number of piperidine rings is 1. The third-order valence-electron chi connectivity index (χ3n) is 6.13. The van der Waals surface area contributed by atoms with Crippen LogP contribution in [0.1, 0.15) is 55.5 Å². The summed E-state index contributed by atoms with van der Waals surface area (Å²) in [6, 6.07) is 2.61. The fourth-order valence-corrected chi connectivity index (χ4v) is 5.57. The lowest BCUT2D eigenvalue weighted by Crippen LogP contribution is -2.45. The number of anilines is 1. The zero-order valence-electron chi connectivity index (χ0n) is 17.1. The Hall–Kier alpha value is -1.91. The number of rotatable bonds is 5. The molecule has 1 saturated heterocycles. The molecule has 0 radical (unpaired) electrons. The van der Waals surface area contributed by atoms with Gasteiger partial charge < -0.3 is 15.1 Å². The molecule has 1 aliphatic carbocycles. The van der Waals surface area contributed by atoms with Gasteiger partial charge in [0.1, 0.15) is 11.1 Å². The van der Waals surface area contributed by atoms with Crippen molar-refractivity contribution >= 4 is 28.2 Å². The number of fused-ring (bicyclic) bond motifs is 1. The highest BCUT2D eigenvalue weighted by molar-refractivity contribution is 7.16. The number of nitriles is 1. The number of hydrogen-bond donors (Lipinski definition) is 1. The average Bonchev–Trinajstić information content (AvgIpc) is 3.01. The van der Waals surface area contributed by atoms with Crippen LogP contribution in [0.15, 0.2) is 0 Å². The van der Waals surface area contributed by atoms with Gasteiger partial charge in [0.25, 0.3) is 0 Å². The lowest BCUT2D eigenvalue weighted by molar-refractivity contribution is -0.130. The molecular formula is C21H30N4O2S. The van der Waals surface area contributed by atoms with Gasteiger partial charge in [-0.2, -0.15) is 5.26 Å². The number of hydrogen-bond acceptors (Lipinski definition) is 5. The van der Waals surface area contributed by atoms with E-state index in [1.54, 1.807) is 18.3 Å². The van der Waals surface area contributed by atoms with Gasteiger partial charge in [0.05, 0.1) is 5.56 Å². The number of thiophene rings is 1. The highest BCUT2D eigenvalue weighted by Crippen LogP contribution is 2.39. The van der Waals surface area contributed by atoms with Crippen molar-refractivity contribution in [3.05, 3.63) is 16.0 Å². The topological polar surface area (TPSA) is 76.4 Å². The fourth-order valence-electron chi connectivity index (χ4n) is 4.19. The van der Waals surface area contributed by atoms with E-state index in [0.717, 1.165) is 55.8 Å². The molecule has 6 nitrogen and oxygen atoms in total. The van der Waals surface area contributed by atoms with Crippen LogP contribution in [0.5, 0.6) is 0 Å². The minimum Gasteiger partial charge on any atom is -0.343 e. The number of amides is 2. The number of carbonyl (C=O) groups is 2. The Morgan fingerprint density at radius 2 is 2.04 bits per heavy atom. The molecule has 0 aromatic carbocycles. The zero-order chi connectivity index (χ0) is 20.3. The molecule has 3 rings (SSSR count).